The van der Waals surface area contributed by atoms with Gasteiger partial charge < -0.3 is 11.5 Å². The van der Waals surface area contributed by atoms with Crippen LogP contribution in [0.2, 0.25) is 0 Å². The summed E-state index contributed by atoms with van der Waals surface area (Å²) in [6.07, 6.45) is 1.19. The van der Waals surface area contributed by atoms with E-state index in [0.29, 0.717) is 5.69 Å². The van der Waals surface area contributed by atoms with E-state index in [9.17, 15) is 8.42 Å². The second-order valence-corrected chi connectivity index (χ2v) is 6.13. The van der Waals surface area contributed by atoms with Crippen molar-refractivity contribution < 1.29 is 8.42 Å². The number of anilines is 1. The maximum Gasteiger partial charge on any atom is 0.151 e. The zero-order chi connectivity index (χ0) is 11.6. The molecule has 0 amide bonds. The molecule has 0 aliphatic carbocycles. The maximum atomic E-state index is 11.3. The van der Waals surface area contributed by atoms with Crippen molar-refractivity contribution >= 4 is 15.5 Å². The van der Waals surface area contributed by atoms with Crippen molar-refractivity contribution in [3.63, 3.8) is 0 Å². The Morgan fingerprint density at radius 2 is 1.67 bits per heavy atom. The number of nitrogens with two attached hydrogens (primary N) is 2. The summed E-state index contributed by atoms with van der Waals surface area (Å²) in [5.41, 5.74) is 12.8. The molecule has 5 heteroatoms. The highest BCUT2D eigenvalue weighted by atomic mass is 32.2. The molecule has 0 aliphatic heterocycles. The second-order valence-electron chi connectivity index (χ2n) is 3.73. The van der Waals surface area contributed by atoms with Gasteiger partial charge in [-0.05, 0) is 24.6 Å². The highest BCUT2D eigenvalue weighted by molar-refractivity contribution is 7.91. The molecule has 0 saturated carbocycles. The van der Waals surface area contributed by atoms with Gasteiger partial charge in [-0.25, -0.2) is 8.42 Å². The largest absolute Gasteiger partial charge is 0.399 e. The summed E-state index contributed by atoms with van der Waals surface area (Å²) in [5.74, 6) is 0. The molecule has 0 unspecified atom stereocenters. The lowest BCUT2D eigenvalue weighted by Gasteiger charge is -2.18. The van der Waals surface area contributed by atoms with Gasteiger partial charge in [0.2, 0.25) is 0 Å². The van der Waals surface area contributed by atoms with E-state index in [2.05, 4.69) is 0 Å². The topological polar surface area (TPSA) is 86.2 Å². The number of benzene rings is 1. The van der Waals surface area contributed by atoms with Crippen LogP contribution in [0.15, 0.2) is 24.3 Å². The van der Waals surface area contributed by atoms with Crippen LogP contribution in [0.25, 0.3) is 0 Å². The van der Waals surface area contributed by atoms with Crippen LogP contribution >= 0.6 is 0 Å². The summed E-state index contributed by atoms with van der Waals surface area (Å²) in [4.78, 5) is 0. The average Bonchev–Trinajstić information content (AvgIpc) is 2.15. The molecule has 15 heavy (non-hydrogen) atoms. The predicted octanol–water partition coefficient (Wildman–Crippen LogP) is 0.702. The first-order valence-corrected chi connectivity index (χ1v) is 6.57. The SMILES string of the molecule is C[C@@H]([C@H](N)c1ccc(N)cc1)S(C)(=O)=O. The molecular formula is C10H16N2O2S. The summed E-state index contributed by atoms with van der Waals surface area (Å²) >= 11 is 0. The average molecular weight is 228 g/mol. The Labute approximate surface area is 90.2 Å². The lowest BCUT2D eigenvalue weighted by Crippen LogP contribution is -2.30. The Balaban J connectivity index is 2.95. The van der Waals surface area contributed by atoms with Crippen LogP contribution in [0.4, 0.5) is 5.69 Å². The van der Waals surface area contributed by atoms with E-state index in [-0.39, 0.29) is 0 Å². The molecular weight excluding hydrogens is 212 g/mol. The summed E-state index contributed by atoms with van der Waals surface area (Å²) in [5, 5.41) is -0.596. The Morgan fingerprint density at radius 3 is 2.07 bits per heavy atom. The van der Waals surface area contributed by atoms with E-state index in [0.717, 1.165) is 5.56 Å². The van der Waals surface area contributed by atoms with Crippen molar-refractivity contribution in [1.82, 2.24) is 0 Å². The Morgan fingerprint density at radius 1 is 1.20 bits per heavy atom. The van der Waals surface area contributed by atoms with Crippen molar-refractivity contribution in [1.29, 1.82) is 0 Å². The highest BCUT2D eigenvalue weighted by Gasteiger charge is 2.23. The third-order valence-corrected chi connectivity index (χ3v) is 4.15. The monoisotopic (exact) mass is 228 g/mol. The molecule has 0 aromatic heterocycles. The van der Waals surface area contributed by atoms with E-state index in [1.165, 1.54) is 6.26 Å². The summed E-state index contributed by atoms with van der Waals surface area (Å²) in [6.45, 7) is 1.61. The molecule has 0 aliphatic rings. The van der Waals surface area contributed by atoms with Crippen LogP contribution in [0.3, 0.4) is 0 Å². The van der Waals surface area contributed by atoms with E-state index in [1.807, 2.05) is 0 Å². The van der Waals surface area contributed by atoms with Gasteiger partial charge in [-0.3, -0.25) is 0 Å². The minimum Gasteiger partial charge on any atom is -0.399 e. The first kappa shape index (κ1) is 12.0. The Bertz CT molecular complexity index is 425. The second kappa shape index (κ2) is 4.20. The summed E-state index contributed by atoms with van der Waals surface area (Å²) < 4.78 is 22.6. The fraction of sp³-hybridized carbons (Fsp3) is 0.400. The molecule has 4 nitrogen and oxygen atoms in total. The minimum absolute atomic E-state index is 0.513. The molecule has 0 spiro atoms. The molecule has 1 aromatic rings. The fourth-order valence-electron chi connectivity index (χ4n) is 1.26. The van der Waals surface area contributed by atoms with Gasteiger partial charge >= 0.3 is 0 Å². The molecule has 4 N–H and O–H groups in total. The van der Waals surface area contributed by atoms with E-state index < -0.39 is 21.1 Å². The molecule has 0 fully saturated rings. The van der Waals surface area contributed by atoms with Crippen LogP contribution in [0.5, 0.6) is 0 Å². The number of hydrogen-bond acceptors (Lipinski definition) is 4. The van der Waals surface area contributed by atoms with E-state index >= 15 is 0 Å². The van der Waals surface area contributed by atoms with E-state index in [1.54, 1.807) is 31.2 Å². The lowest BCUT2D eigenvalue weighted by atomic mass is 10.1. The van der Waals surface area contributed by atoms with Gasteiger partial charge in [-0.1, -0.05) is 12.1 Å². The molecule has 2 atom stereocenters. The predicted molar refractivity (Wildman–Crippen MR) is 62.1 cm³/mol. The number of sulfone groups is 1. The minimum atomic E-state index is -3.12. The highest BCUT2D eigenvalue weighted by Crippen LogP contribution is 2.19. The van der Waals surface area contributed by atoms with Gasteiger partial charge in [-0.15, -0.1) is 0 Å². The number of nitrogen functional groups attached to an aromatic ring is 1. The standard InChI is InChI=1S/C10H16N2O2S/c1-7(15(2,13)14)10(12)8-3-5-9(11)6-4-8/h3-7,10H,11-12H2,1-2H3/t7-,10-/m0/s1. The van der Waals surface area contributed by atoms with Crippen LogP contribution in [-0.2, 0) is 9.84 Å². The zero-order valence-electron chi connectivity index (χ0n) is 8.84. The number of hydrogen-bond donors (Lipinski definition) is 2. The Kier molecular flexibility index (Phi) is 3.36. The molecule has 1 aromatic carbocycles. The van der Waals surface area contributed by atoms with Crippen molar-refractivity contribution in [3.8, 4) is 0 Å². The van der Waals surface area contributed by atoms with Gasteiger partial charge in [0, 0.05) is 18.0 Å². The lowest BCUT2D eigenvalue weighted by molar-refractivity contribution is 0.571. The van der Waals surface area contributed by atoms with Gasteiger partial charge in [-0.2, -0.15) is 0 Å². The van der Waals surface area contributed by atoms with Crippen LogP contribution < -0.4 is 11.5 Å². The van der Waals surface area contributed by atoms with Crippen molar-refractivity contribution in [3.05, 3.63) is 29.8 Å². The molecule has 1 rings (SSSR count). The zero-order valence-corrected chi connectivity index (χ0v) is 9.66. The molecule has 0 saturated heterocycles. The van der Waals surface area contributed by atoms with Crippen LogP contribution in [0.1, 0.15) is 18.5 Å². The summed E-state index contributed by atoms with van der Waals surface area (Å²) in [6, 6.07) is 6.41. The summed E-state index contributed by atoms with van der Waals surface area (Å²) in [7, 11) is -3.12. The molecule has 84 valence electrons. The number of rotatable bonds is 3. The third kappa shape index (κ3) is 2.94. The maximum absolute atomic E-state index is 11.3. The first-order valence-electron chi connectivity index (χ1n) is 4.62. The first-order chi connectivity index (χ1) is 6.82. The van der Waals surface area contributed by atoms with Gasteiger partial charge in [0.25, 0.3) is 0 Å². The van der Waals surface area contributed by atoms with Crippen LogP contribution in [-0.4, -0.2) is 19.9 Å². The van der Waals surface area contributed by atoms with Gasteiger partial charge in [0.15, 0.2) is 9.84 Å². The van der Waals surface area contributed by atoms with Crippen LogP contribution in [0, 0.1) is 0 Å². The van der Waals surface area contributed by atoms with Gasteiger partial charge in [0.1, 0.15) is 0 Å². The van der Waals surface area contributed by atoms with Crippen molar-refractivity contribution in [2.24, 2.45) is 5.73 Å². The Hall–Kier alpha value is -1.07. The normalized spacial score (nSPS) is 15.9. The molecule has 0 heterocycles. The third-order valence-electron chi connectivity index (χ3n) is 2.50. The quantitative estimate of drug-likeness (QED) is 0.746. The smallest absolute Gasteiger partial charge is 0.151 e. The molecule has 0 radical (unpaired) electrons. The fourth-order valence-corrected chi connectivity index (χ4v) is 1.95. The van der Waals surface area contributed by atoms with Crippen molar-refractivity contribution in [2.75, 3.05) is 12.0 Å². The van der Waals surface area contributed by atoms with Gasteiger partial charge in [0.05, 0.1) is 5.25 Å². The molecule has 0 bridgehead atoms. The van der Waals surface area contributed by atoms with E-state index in [4.69, 9.17) is 11.5 Å². The van der Waals surface area contributed by atoms with Crippen molar-refractivity contribution in [2.45, 2.75) is 18.2 Å².